The SMILES string of the molecule is C[C@H](NC(=O)c1cc(S(=O)(=O)N(C)c2ccc(F)cc2)ccc1Cl)C1CC1. The molecule has 1 N–H and O–H groups in total. The topological polar surface area (TPSA) is 66.5 Å². The van der Waals surface area contributed by atoms with Gasteiger partial charge in [-0.3, -0.25) is 9.10 Å². The van der Waals surface area contributed by atoms with Crippen LogP contribution in [0.25, 0.3) is 0 Å². The molecule has 1 saturated carbocycles. The zero-order valence-corrected chi connectivity index (χ0v) is 16.5. The molecule has 144 valence electrons. The summed E-state index contributed by atoms with van der Waals surface area (Å²) in [5.41, 5.74) is 0.414. The maximum atomic E-state index is 13.1. The smallest absolute Gasteiger partial charge is 0.264 e. The van der Waals surface area contributed by atoms with Gasteiger partial charge in [0.15, 0.2) is 0 Å². The van der Waals surface area contributed by atoms with E-state index in [2.05, 4.69) is 5.32 Å². The summed E-state index contributed by atoms with van der Waals surface area (Å²) in [5, 5.41) is 3.05. The van der Waals surface area contributed by atoms with Gasteiger partial charge >= 0.3 is 0 Å². The molecule has 0 bridgehead atoms. The molecule has 0 aliphatic heterocycles. The minimum atomic E-state index is -3.94. The molecule has 1 aliphatic carbocycles. The number of carbonyl (C=O) groups is 1. The van der Waals surface area contributed by atoms with Gasteiger partial charge < -0.3 is 5.32 Å². The minimum Gasteiger partial charge on any atom is -0.349 e. The van der Waals surface area contributed by atoms with E-state index >= 15 is 0 Å². The van der Waals surface area contributed by atoms with Crippen LogP contribution in [0, 0.1) is 11.7 Å². The molecule has 5 nitrogen and oxygen atoms in total. The van der Waals surface area contributed by atoms with Gasteiger partial charge in [-0.15, -0.1) is 0 Å². The van der Waals surface area contributed by atoms with Gasteiger partial charge in [0.2, 0.25) is 0 Å². The molecule has 27 heavy (non-hydrogen) atoms. The van der Waals surface area contributed by atoms with Gasteiger partial charge in [-0.1, -0.05) is 11.6 Å². The second-order valence-corrected chi connectivity index (χ2v) is 9.07. The molecule has 0 radical (unpaired) electrons. The summed E-state index contributed by atoms with van der Waals surface area (Å²) in [6, 6.07) is 9.12. The van der Waals surface area contributed by atoms with E-state index in [4.69, 9.17) is 11.6 Å². The summed E-state index contributed by atoms with van der Waals surface area (Å²) in [7, 11) is -2.57. The van der Waals surface area contributed by atoms with E-state index in [0.717, 1.165) is 17.1 Å². The number of benzene rings is 2. The Balaban J connectivity index is 1.89. The third kappa shape index (κ3) is 4.25. The van der Waals surface area contributed by atoms with Crippen LogP contribution < -0.4 is 9.62 Å². The Hall–Kier alpha value is -2.12. The first-order valence-electron chi connectivity index (χ1n) is 8.55. The fourth-order valence-electron chi connectivity index (χ4n) is 2.79. The van der Waals surface area contributed by atoms with Gasteiger partial charge in [-0.25, -0.2) is 12.8 Å². The van der Waals surface area contributed by atoms with Gasteiger partial charge in [0, 0.05) is 13.1 Å². The number of carbonyl (C=O) groups excluding carboxylic acids is 1. The van der Waals surface area contributed by atoms with E-state index < -0.39 is 21.7 Å². The van der Waals surface area contributed by atoms with E-state index in [1.54, 1.807) is 0 Å². The molecule has 8 heteroatoms. The van der Waals surface area contributed by atoms with Gasteiger partial charge in [-0.2, -0.15) is 0 Å². The Labute approximate surface area is 163 Å². The average Bonchev–Trinajstić information content (AvgIpc) is 3.47. The van der Waals surface area contributed by atoms with E-state index in [9.17, 15) is 17.6 Å². The van der Waals surface area contributed by atoms with Crippen LogP contribution in [0.3, 0.4) is 0 Å². The molecule has 0 aromatic heterocycles. The van der Waals surface area contributed by atoms with Crippen LogP contribution in [0.5, 0.6) is 0 Å². The normalized spacial score (nSPS) is 15.3. The highest BCUT2D eigenvalue weighted by Crippen LogP contribution is 2.33. The highest BCUT2D eigenvalue weighted by atomic mass is 35.5. The molecule has 2 aromatic rings. The van der Waals surface area contributed by atoms with Gasteiger partial charge in [0.05, 0.1) is 21.2 Å². The highest BCUT2D eigenvalue weighted by Gasteiger charge is 2.30. The highest BCUT2D eigenvalue weighted by molar-refractivity contribution is 7.92. The summed E-state index contributed by atoms with van der Waals surface area (Å²) in [5.74, 6) is -0.398. The number of sulfonamides is 1. The summed E-state index contributed by atoms with van der Waals surface area (Å²) in [6.07, 6.45) is 2.15. The molecule has 1 aliphatic rings. The van der Waals surface area contributed by atoms with Crippen molar-refractivity contribution in [3.8, 4) is 0 Å². The van der Waals surface area contributed by atoms with Crippen molar-refractivity contribution >= 4 is 33.2 Å². The van der Waals surface area contributed by atoms with Gasteiger partial charge in [-0.05, 0) is 68.1 Å². The number of anilines is 1. The molecular weight excluding hydrogens is 391 g/mol. The van der Waals surface area contributed by atoms with Crippen molar-refractivity contribution in [2.45, 2.75) is 30.7 Å². The monoisotopic (exact) mass is 410 g/mol. The van der Waals surface area contributed by atoms with Crippen molar-refractivity contribution in [3.63, 3.8) is 0 Å². The maximum absolute atomic E-state index is 13.1. The van der Waals surface area contributed by atoms with E-state index in [0.29, 0.717) is 11.6 Å². The van der Waals surface area contributed by atoms with E-state index in [1.165, 1.54) is 49.5 Å². The molecule has 1 fully saturated rings. The third-order valence-electron chi connectivity index (χ3n) is 4.72. The number of halogens is 2. The van der Waals surface area contributed by atoms with Crippen molar-refractivity contribution in [2.75, 3.05) is 11.4 Å². The van der Waals surface area contributed by atoms with Crippen molar-refractivity contribution in [1.29, 1.82) is 0 Å². The van der Waals surface area contributed by atoms with Crippen LogP contribution in [0.2, 0.25) is 5.02 Å². The van der Waals surface area contributed by atoms with Crippen LogP contribution >= 0.6 is 11.6 Å². The van der Waals surface area contributed by atoms with Crippen LogP contribution in [0.15, 0.2) is 47.4 Å². The number of hydrogen-bond acceptors (Lipinski definition) is 3. The predicted octanol–water partition coefficient (Wildman–Crippen LogP) is 3.83. The van der Waals surface area contributed by atoms with Crippen LogP contribution in [-0.4, -0.2) is 27.4 Å². The van der Waals surface area contributed by atoms with E-state index in [-0.39, 0.29) is 21.5 Å². The maximum Gasteiger partial charge on any atom is 0.264 e. The molecule has 3 rings (SSSR count). The minimum absolute atomic E-state index is 0.00992. The lowest BCUT2D eigenvalue weighted by Gasteiger charge is -2.20. The predicted molar refractivity (Wildman–Crippen MR) is 103 cm³/mol. The first-order chi connectivity index (χ1) is 12.7. The van der Waals surface area contributed by atoms with Crippen molar-refractivity contribution in [3.05, 3.63) is 58.9 Å². The molecule has 1 amide bonds. The zero-order valence-electron chi connectivity index (χ0n) is 14.9. The molecular formula is C19H20ClFN2O3S. The van der Waals surface area contributed by atoms with Crippen LogP contribution in [0.4, 0.5) is 10.1 Å². The second-order valence-electron chi connectivity index (χ2n) is 6.69. The standard InChI is InChI=1S/C19H20ClFN2O3S/c1-12(13-3-4-13)22-19(24)17-11-16(9-10-18(17)20)27(25,26)23(2)15-7-5-14(21)6-8-15/h5-13H,3-4H2,1-2H3,(H,22,24)/t12-/m0/s1. The van der Waals surface area contributed by atoms with Crippen LogP contribution in [-0.2, 0) is 10.0 Å². The number of nitrogens with zero attached hydrogens (tertiary/aromatic N) is 1. The number of rotatable bonds is 6. The summed E-state index contributed by atoms with van der Waals surface area (Å²) in [6.45, 7) is 1.92. The first kappa shape index (κ1) is 19.6. The van der Waals surface area contributed by atoms with Crippen molar-refractivity contribution in [1.82, 2.24) is 5.32 Å². The lowest BCUT2D eigenvalue weighted by atomic mass is 10.1. The van der Waals surface area contributed by atoms with Crippen LogP contribution in [0.1, 0.15) is 30.1 Å². The Kier molecular flexibility index (Phi) is 5.44. The molecule has 0 spiro atoms. The average molecular weight is 411 g/mol. The summed E-state index contributed by atoms with van der Waals surface area (Å²) < 4.78 is 39.9. The fourth-order valence-corrected chi connectivity index (χ4v) is 4.21. The Bertz CT molecular complexity index is 959. The largest absolute Gasteiger partial charge is 0.349 e. The third-order valence-corrected chi connectivity index (χ3v) is 6.83. The zero-order chi connectivity index (χ0) is 19.8. The lowest BCUT2D eigenvalue weighted by molar-refractivity contribution is 0.0936. The van der Waals surface area contributed by atoms with Gasteiger partial charge in [0.25, 0.3) is 15.9 Å². The summed E-state index contributed by atoms with van der Waals surface area (Å²) in [4.78, 5) is 12.5. The fraction of sp³-hybridized carbons (Fsp3) is 0.316. The molecule has 0 heterocycles. The number of amides is 1. The molecule has 1 atom stereocenters. The van der Waals surface area contributed by atoms with Crippen molar-refractivity contribution < 1.29 is 17.6 Å². The molecule has 0 saturated heterocycles. The molecule has 0 unspecified atom stereocenters. The summed E-state index contributed by atoms with van der Waals surface area (Å²) >= 11 is 6.12. The number of nitrogens with one attached hydrogen (secondary N) is 1. The Morgan fingerprint density at radius 1 is 1.22 bits per heavy atom. The molecule has 2 aromatic carbocycles. The Morgan fingerprint density at radius 2 is 1.85 bits per heavy atom. The van der Waals surface area contributed by atoms with Gasteiger partial charge in [0.1, 0.15) is 5.82 Å². The number of hydrogen-bond donors (Lipinski definition) is 1. The quantitative estimate of drug-likeness (QED) is 0.786. The van der Waals surface area contributed by atoms with Crippen molar-refractivity contribution in [2.24, 2.45) is 5.92 Å². The first-order valence-corrected chi connectivity index (χ1v) is 10.4. The van der Waals surface area contributed by atoms with E-state index in [1.807, 2.05) is 6.92 Å². The second kappa shape index (κ2) is 7.48. The lowest BCUT2D eigenvalue weighted by Crippen LogP contribution is -2.34. The Morgan fingerprint density at radius 3 is 2.44 bits per heavy atom.